The number of pyridine rings is 1. The van der Waals surface area contributed by atoms with Gasteiger partial charge >= 0.3 is 0 Å². The molecule has 4 rings (SSSR count). The maximum Gasteiger partial charge on any atom is 0.161 e. The van der Waals surface area contributed by atoms with Gasteiger partial charge in [0.25, 0.3) is 0 Å². The summed E-state index contributed by atoms with van der Waals surface area (Å²) in [5, 5.41) is 0.513. The number of likely N-dealkylation sites (tertiary alicyclic amines) is 1. The highest BCUT2D eigenvalue weighted by Crippen LogP contribution is 2.40. The Balaban J connectivity index is 1.81. The second-order valence-electron chi connectivity index (χ2n) is 6.50. The van der Waals surface area contributed by atoms with E-state index in [-0.39, 0.29) is 0 Å². The summed E-state index contributed by atoms with van der Waals surface area (Å²) < 4.78 is 2.46. The SMILES string of the molecule is CN1CCCCC1c1nc2cccnc2n1C1CCCCS1. The highest BCUT2D eigenvalue weighted by molar-refractivity contribution is 7.99. The third-order valence-corrected chi connectivity index (χ3v) is 6.34. The van der Waals surface area contributed by atoms with Gasteiger partial charge in [-0.05, 0) is 63.6 Å². The van der Waals surface area contributed by atoms with Gasteiger partial charge in [0.15, 0.2) is 5.65 Å². The standard InChI is InChI=1S/C17H24N4S/c1-20-11-4-2-8-14(20)17-19-13-7-6-10-18-16(13)21(17)15-9-3-5-12-22-15/h6-7,10,14-15H,2-5,8-9,11-12H2,1H3. The number of hydrogen-bond acceptors (Lipinski definition) is 4. The molecule has 2 aliphatic rings. The zero-order chi connectivity index (χ0) is 14.9. The quantitative estimate of drug-likeness (QED) is 0.838. The van der Waals surface area contributed by atoms with Gasteiger partial charge in [-0.25, -0.2) is 9.97 Å². The summed E-state index contributed by atoms with van der Waals surface area (Å²) in [5.41, 5.74) is 2.14. The molecule has 0 aromatic carbocycles. The van der Waals surface area contributed by atoms with Crippen molar-refractivity contribution in [3.63, 3.8) is 0 Å². The topological polar surface area (TPSA) is 34.0 Å². The lowest BCUT2D eigenvalue weighted by Gasteiger charge is -2.34. The first-order valence-electron chi connectivity index (χ1n) is 8.49. The third-order valence-electron chi connectivity index (χ3n) is 4.99. The molecule has 2 aliphatic heterocycles. The third kappa shape index (κ3) is 2.54. The van der Waals surface area contributed by atoms with Crippen LogP contribution in [0.1, 0.15) is 55.8 Å². The Labute approximate surface area is 136 Å². The molecule has 0 spiro atoms. The van der Waals surface area contributed by atoms with Gasteiger partial charge in [-0.1, -0.05) is 6.42 Å². The van der Waals surface area contributed by atoms with Crippen LogP contribution in [0, 0.1) is 0 Å². The molecule has 0 amide bonds. The van der Waals surface area contributed by atoms with Gasteiger partial charge in [0.1, 0.15) is 11.3 Å². The van der Waals surface area contributed by atoms with Crippen molar-refractivity contribution in [2.75, 3.05) is 19.3 Å². The molecule has 0 radical (unpaired) electrons. The Bertz CT molecular complexity index is 647. The van der Waals surface area contributed by atoms with Crippen molar-refractivity contribution in [2.45, 2.75) is 49.9 Å². The smallest absolute Gasteiger partial charge is 0.161 e. The first kappa shape index (κ1) is 14.5. The van der Waals surface area contributed by atoms with E-state index in [1.165, 1.54) is 56.6 Å². The Morgan fingerprint density at radius 2 is 2.09 bits per heavy atom. The monoisotopic (exact) mass is 316 g/mol. The molecule has 2 aromatic rings. The van der Waals surface area contributed by atoms with E-state index < -0.39 is 0 Å². The summed E-state index contributed by atoms with van der Waals surface area (Å²) in [6.07, 6.45) is 9.66. The number of rotatable bonds is 2. The lowest BCUT2D eigenvalue weighted by molar-refractivity contribution is 0.175. The molecule has 4 heterocycles. The molecule has 22 heavy (non-hydrogen) atoms. The van der Waals surface area contributed by atoms with Crippen LogP contribution >= 0.6 is 11.8 Å². The fourth-order valence-corrected chi connectivity index (χ4v) is 5.13. The van der Waals surface area contributed by atoms with E-state index in [9.17, 15) is 0 Å². The van der Waals surface area contributed by atoms with Crippen molar-refractivity contribution < 1.29 is 0 Å². The molecule has 2 fully saturated rings. The van der Waals surface area contributed by atoms with E-state index in [1.54, 1.807) is 0 Å². The Morgan fingerprint density at radius 3 is 2.91 bits per heavy atom. The van der Waals surface area contributed by atoms with Crippen LogP contribution in [-0.2, 0) is 0 Å². The van der Waals surface area contributed by atoms with Crippen molar-refractivity contribution in [2.24, 2.45) is 0 Å². The highest BCUT2D eigenvalue weighted by atomic mass is 32.2. The van der Waals surface area contributed by atoms with Gasteiger partial charge in [-0.3, -0.25) is 9.47 Å². The van der Waals surface area contributed by atoms with Gasteiger partial charge in [0, 0.05) is 6.20 Å². The largest absolute Gasteiger partial charge is 0.299 e. The summed E-state index contributed by atoms with van der Waals surface area (Å²) in [7, 11) is 2.24. The molecule has 0 N–H and O–H groups in total. The summed E-state index contributed by atoms with van der Waals surface area (Å²) >= 11 is 2.08. The van der Waals surface area contributed by atoms with Crippen LogP contribution in [0.25, 0.3) is 11.2 Å². The molecule has 118 valence electrons. The lowest BCUT2D eigenvalue weighted by Crippen LogP contribution is -2.32. The van der Waals surface area contributed by atoms with Crippen molar-refractivity contribution in [1.82, 2.24) is 19.4 Å². The number of piperidine rings is 1. The summed E-state index contributed by atoms with van der Waals surface area (Å²) in [6.45, 7) is 1.18. The number of hydrogen-bond donors (Lipinski definition) is 0. The van der Waals surface area contributed by atoms with Crippen molar-refractivity contribution in [1.29, 1.82) is 0 Å². The summed E-state index contributed by atoms with van der Waals surface area (Å²) in [4.78, 5) is 12.2. The molecule has 0 aliphatic carbocycles. The van der Waals surface area contributed by atoms with Crippen LogP contribution in [0.5, 0.6) is 0 Å². The number of aromatic nitrogens is 3. The molecule has 0 bridgehead atoms. The minimum atomic E-state index is 0.450. The highest BCUT2D eigenvalue weighted by Gasteiger charge is 2.30. The van der Waals surface area contributed by atoms with E-state index in [2.05, 4.69) is 39.3 Å². The van der Waals surface area contributed by atoms with Crippen LogP contribution in [0.2, 0.25) is 0 Å². The van der Waals surface area contributed by atoms with Crippen LogP contribution in [0.4, 0.5) is 0 Å². The zero-order valence-electron chi connectivity index (χ0n) is 13.2. The number of fused-ring (bicyclic) bond motifs is 1. The second kappa shape index (κ2) is 6.20. The van der Waals surface area contributed by atoms with E-state index in [0.29, 0.717) is 11.4 Å². The number of thioether (sulfide) groups is 1. The molecule has 2 atom stereocenters. The zero-order valence-corrected chi connectivity index (χ0v) is 14.1. The van der Waals surface area contributed by atoms with Crippen LogP contribution in [0.15, 0.2) is 18.3 Å². The predicted octanol–water partition coefficient (Wildman–Crippen LogP) is 4.00. The Morgan fingerprint density at radius 1 is 1.18 bits per heavy atom. The molecular formula is C17H24N4S. The molecule has 2 aromatic heterocycles. The fourth-order valence-electron chi connectivity index (χ4n) is 3.79. The average Bonchev–Trinajstić information content (AvgIpc) is 2.95. The van der Waals surface area contributed by atoms with Gasteiger partial charge < -0.3 is 0 Å². The minimum absolute atomic E-state index is 0.450. The normalized spacial score (nSPS) is 27.3. The van der Waals surface area contributed by atoms with Crippen molar-refractivity contribution >= 4 is 22.9 Å². The van der Waals surface area contributed by atoms with Gasteiger partial charge in [0.2, 0.25) is 0 Å². The second-order valence-corrected chi connectivity index (χ2v) is 7.79. The van der Waals surface area contributed by atoms with E-state index in [1.807, 2.05) is 12.3 Å². The number of nitrogens with zero attached hydrogens (tertiary/aromatic N) is 4. The molecule has 2 unspecified atom stereocenters. The summed E-state index contributed by atoms with van der Waals surface area (Å²) in [6, 6.07) is 4.56. The maximum atomic E-state index is 5.01. The molecule has 2 saturated heterocycles. The van der Waals surface area contributed by atoms with Crippen molar-refractivity contribution in [3.05, 3.63) is 24.2 Å². The van der Waals surface area contributed by atoms with Gasteiger partial charge in [0.05, 0.1) is 11.4 Å². The molecule has 5 heteroatoms. The number of imidazole rings is 1. The first-order valence-corrected chi connectivity index (χ1v) is 9.54. The lowest BCUT2D eigenvalue weighted by atomic mass is 10.0. The molecule has 4 nitrogen and oxygen atoms in total. The van der Waals surface area contributed by atoms with Gasteiger partial charge in [-0.2, -0.15) is 0 Å². The van der Waals surface area contributed by atoms with Gasteiger partial charge in [-0.15, -0.1) is 11.8 Å². The van der Waals surface area contributed by atoms with E-state index in [4.69, 9.17) is 4.98 Å². The first-order chi connectivity index (χ1) is 10.8. The summed E-state index contributed by atoms with van der Waals surface area (Å²) in [5.74, 6) is 2.51. The van der Waals surface area contributed by atoms with Crippen molar-refractivity contribution in [3.8, 4) is 0 Å². The van der Waals surface area contributed by atoms with E-state index >= 15 is 0 Å². The average molecular weight is 316 g/mol. The Hall–Kier alpha value is -1.07. The minimum Gasteiger partial charge on any atom is -0.299 e. The van der Waals surface area contributed by atoms with Crippen LogP contribution in [-0.4, -0.2) is 38.8 Å². The molecular weight excluding hydrogens is 292 g/mol. The fraction of sp³-hybridized carbons (Fsp3) is 0.647. The van der Waals surface area contributed by atoms with E-state index in [0.717, 1.165) is 11.2 Å². The maximum absolute atomic E-state index is 5.01. The Kier molecular flexibility index (Phi) is 4.09. The predicted molar refractivity (Wildman–Crippen MR) is 92.1 cm³/mol. The molecule has 0 saturated carbocycles. The van der Waals surface area contributed by atoms with Crippen LogP contribution in [0.3, 0.4) is 0 Å². The van der Waals surface area contributed by atoms with Crippen LogP contribution < -0.4 is 0 Å².